The van der Waals surface area contributed by atoms with E-state index in [4.69, 9.17) is 4.74 Å². The van der Waals surface area contributed by atoms with Crippen LogP contribution >= 0.6 is 47.8 Å². The Balaban J connectivity index is 0.000000179. The molecule has 4 aromatic carbocycles. The molecule has 0 aliphatic heterocycles. The van der Waals surface area contributed by atoms with Crippen molar-refractivity contribution in [2.45, 2.75) is 28.7 Å². The fourth-order valence-corrected chi connectivity index (χ4v) is 9.07. The molecule has 0 aliphatic rings. The summed E-state index contributed by atoms with van der Waals surface area (Å²) in [5, 5.41) is 2.35. The number of carbonyl (C=O) groups excluding carboxylic acids is 1. The summed E-state index contributed by atoms with van der Waals surface area (Å²) in [6.07, 6.45) is 3.12. The van der Waals surface area contributed by atoms with Crippen LogP contribution in [0, 0.1) is 0 Å². The van der Waals surface area contributed by atoms with Crippen molar-refractivity contribution in [2.75, 3.05) is 0 Å². The monoisotopic (exact) mass is 834 g/mol. The number of rotatable bonds is 7. The number of aromatic nitrogens is 2. The molecule has 0 atom stereocenters. The van der Waals surface area contributed by atoms with Crippen molar-refractivity contribution < 1.29 is 26.4 Å². The van der Waals surface area contributed by atoms with Gasteiger partial charge in [-0.2, -0.15) is 0 Å². The molecule has 8 nitrogen and oxygen atoms in total. The average molecular weight is 837 g/mol. The summed E-state index contributed by atoms with van der Waals surface area (Å²) < 4.78 is 60.2. The number of ether oxygens (including phenoxy) is 1. The van der Waals surface area contributed by atoms with Crippen LogP contribution < -0.4 is 0 Å². The Labute approximate surface area is 286 Å². The van der Waals surface area contributed by atoms with Gasteiger partial charge in [-0.15, -0.1) is 0 Å². The zero-order chi connectivity index (χ0) is 32.4. The SMILES string of the molecule is CC(=O)OCc1cc2ccn(S(=O)(=O)c3ccccc3)c2cc1Br.O=S(=O)(c1ccccc1)n1ccc2cc(CBr)c(Br)cc21. The van der Waals surface area contributed by atoms with Crippen molar-refractivity contribution in [3.05, 3.63) is 130 Å². The van der Waals surface area contributed by atoms with Crippen molar-refractivity contribution in [1.82, 2.24) is 7.94 Å². The van der Waals surface area contributed by atoms with E-state index in [0.717, 1.165) is 26.4 Å². The summed E-state index contributed by atoms with van der Waals surface area (Å²) in [5.74, 6) is -0.369. The number of esters is 1. The lowest BCUT2D eigenvalue weighted by Gasteiger charge is -2.09. The molecule has 45 heavy (non-hydrogen) atoms. The van der Waals surface area contributed by atoms with Crippen molar-refractivity contribution >= 4 is 95.6 Å². The van der Waals surface area contributed by atoms with E-state index in [-0.39, 0.29) is 22.4 Å². The van der Waals surface area contributed by atoms with Crippen LogP contribution in [-0.4, -0.2) is 30.7 Å². The lowest BCUT2D eigenvalue weighted by atomic mass is 10.2. The third-order valence-electron chi connectivity index (χ3n) is 6.82. The van der Waals surface area contributed by atoms with Gasteiger partial charge in [-0.1, -0.05) is 84.2 Å². The fraction of sp³-hybridized carbons (Fsp3) is 0.0938. The third-order valence-corrected chi connectivity index (χ3v) is 12.3. The Hall–Kier alpha value is -3.23. The first-order valence-electron chi connectivity index (χ1n) is 13.3. The zero-order valence-corrected chi connectivity index (χ0v) is 30.0. The summed E-state index contributed by atoms with van der Waals surface area (Å²) in [4.78, 5) is 11.5. The predicted octanol–water partition coefficient (Wildman–Crippen LogP) is 8.24. The Morgan fingerprint density at radius 2 is 1.09 bits per heavy atom. The van der Waals surface area contributed by atoms with Crippen molar-refractivity contribution in [2.24, 2.45) is 0 Å². The van der Waals surface area contributed by atoms with Gasteiger partial charge in [0, 0.05) is 49.9 Å². The quantitative estimate of drug-likeness (QED) is 0.119. The maximum absolute atomic E-state index is 12.8. The van der Waals surface area contributed by atoms with E-state index in [9.17, 15) is 21.6 Å². The summed E-state index contributed by atoms with van der Waals surface area (Å²) >= 11 is 10.3. The van der Waals surface area contributed by atoms with Gasteiger partial charge in [0.1, 0.15) is 6.61 Å². The van der Waals surface area contributed by atoms with E-state index in [2.05, 4.69) is 47.8 Å². The molecule has 0 bridgehead atoms. The molecule has 6 aromatic rings. The van der Waals surface area contributed by atoms with E-state index >= 15 is 0 Å². The number of hydrogen-bond donors (Lipinski definition) is 0. The molecular weight excluding hydrogens is 812 g/mol. The Kier molecular flexibility index (Phi) is 10.0. The van der Waals surface area contributed by atoms with Crippen LogP contribution in [0.2, 0.25) is 0 Å². The molecule has 0 amide bonds. The lowest BCUT2D eigenvalue weighted by Crippen LogP contribution is -2.11. The van der Waals surface area contributed by atoms with E-state index in [0.29, 0.717) is 20.8 Å². The first-order valence-corrected chi connectivity index (χ1v) is 18.9. The topological polar surface area (TPSA) is 104 Å². The van der Waals surface area contributed by atoms with Crippen LogP contribution in [0.3, 0.4) is 0 Å². The number of benzene rings is 4. The van der Waals surface area contributed by atoms with Crippen LogP contribution in [0.25, 0.3) is 21.8 Å². The highest BCUT2D eigenvalue weighted by atomic mass is 79.9. The molecule has 0 radical (unpaired) electrons. The fourth-order valence-electron chi connectivity index (χ4n) is 4.58. The minimum absolute atomic E-state index is 0.127. The number of hydrogen-bond acceptors (Lipinski definition) is 6. The van der Waals surface area contributed by atoms with Crippen LogP contribution in [-0.2, 0) is 41.5 Å². The smallest absolute Gasteiger partial charge is 0.302 e. The Bertz CT molecular complexity index is 2230. The standard InChI is InChI=1S/C17H14BrNO4S.C15H11Br2NO2S/c1-12(20)23-11-14-9-13-7-8-19(17(13)10-16(14)18)24(21,22)15-5-3-2-4-6-15;16-10-12-8-11-6-7-18(15(11)9-14(12)17)21(19,20)13-4-2-1-3-5-13/h2-10H,11H2,1H3;1-9H,10H2. The van der Waals surface area contributed by atoms with Gasteiger partial charge in [0.2, 0.25) is 0 Å². The average Bonchev–Trinajstić information content (AvgIpc) is 3.65. The minimum atomic E-state index is -3.67. The largest absolute Gasteiger partial charge is 0.461 e. The Morgan fingerprint density at radius 3 is 1.51 bits per heavy atom. The van der Waals surface area contributed by atoms with Crippen molar-refractivity contribution in [3.8, 4) is 0 Å². The second kappa shape index (κ2) is 13.6. The molecule has 6 rings (SSSR count). The minimum Gasteiger partial charge on any atom is -0.461 e. The number of nitrogens with zero attached hydrogens (tertiary/aromatic N) is 2. The molecule has 2 aromatic heterocycles. The van der Waals surface area contributed by atoms with E-state index in [1.807, 2.05) is 18.2 Å². The number of halogens is 3. The first kappa shape index (κ1) is 33.1. The summed E-state index contributed by atoms with van der Waals surface area (Å²) in [5.41, 5.74) is 3.07. The number of fused-ring (bicyclic) bond motifs is 2. The normalized spacial score (nSPS) is 11.7. The highest BCUT2D eigenvalue weighted by Gasteiger charge is 2.20. The highest BCUT2D eigenvalue weighted by Crippen LogP contribution is 2.30. The maximum Gasteiger partial charge on any atom is 0.302 e. The summed E-state index contributed by atoms with van der Waals surface area (Å²) in [6.45, 7) is 1.47. The van der Waals surface area contributed by atoms with E-state index in [1.165, 1.54) is 21.1 Å². The van der Waals surface area contributed by atoms with Gasteiger partial charge in [0.15, 0.2) is 0 Å². The third kappa shape index (κ3) is 6.97. The van der Waals surface area contributed by atoms with Gasteiger partial charge >= 0.3 is 5.97 Å². The van der Waals surface area contributed by atoms with Crippen molar-refractivity contribution in [3.63, 3.8) is 0 Å². The van der Waals surface area contributed by atoms with E-state index < -0.39 is 20.0 Å². The maximum atomic E-state index is 12.8. The lowest BCUT2D eigenvalue weighted by molar-refractivity contribution is -0.142. The van der Waals surface area contributed by atoms with Crippen LogP contribution in [0.15, 0.2) is 128 Å². The van der Waals surface area contributed by atoms with Crippen LogP contribution in [0.1, 0.15) is 18.1 Å². The van der Waals surface area contributed by atoms with Crippen LogP contribution in [0.4, 0.5) is 0 Å². The molecule has 0 spiro atoms. The van der Waals surface area contributed by atoms with Gasteiger partial charge in [-0.05, 0) is 66.2 Å². The Morgan fingerprint density at radius 1 is 0.667 bits per heavy atom. The zero-order valence-electron chi connectivity index (χ0n) is 23.6. The molecule has 0 saturated carbocycles. The molecule has 0 unspecified atom stereocenters. The first-order chi connectivity index (χ1) is 21.4. The molecule has 0 saturated heterocycles. The molecule has 2 heterocycles. The molecule has 0 N–H and O–H groups in total. The molecule has 232 valence electrons. The molecular formula is C32H25Br3N2O6S2. The van der Waals surface area contributed by atoms with Crippen LogP contribution in [0.5, 0.6) is 0 Å². The van der Waals surface area contributed by atoms with Gasteiger partial charge in [-0.3, -0.25) is 4.79 Å². The second-order valence-corrected chi connectivity index (χ2v) is 15.7. The van der Waals surface area contributed by atoms with Gasteiger partial charge in [0.05, 0.1) is 20.8 Å². The van der Waals surface area contributed by atoms with Gasteiger partial charge in [-0.25, -0.2) is 24.8 Å². The van der Waals surface area contributed by atoms with Crippen molar-refractivity contribution in [1.29, 1.82) is 0 Å². The second-order valence-electron chi connectivity index (χ2n) is 9.78. The summed E-state index contributed by atoms with van der Waals surface area (Å²) in [7, 11) is -7.24. The molecule has 0 fully saturated rings. The highest BCUT2D eigenvalue weighted by molar-refractivity contribution is 9.11. The molecule has 0 aliphatic carbocycles. The van der Waals surface area contributed by atoms with Gasteiger partial charge < -0.3 is 4.74 Å². The number of carbonyl (C=O) groups is 1. The summed E-state index contributed by atoms with van der Waals surface area (Å²) in [6, 6.07) is 27.6. The predicted molar refractivity (Wildman–Crippen MR) is 185 cm³/mol. The molecule has 13 heteroatoms. The van der Waals surface area contributed by atoms with E-state index in [1.54, 1.807) is 85.1 Å². The van der Waals surface area contributed by atoms with Gasteiger partial charge in [0.25, 0.3) is 20.0 Å². The number of alkyl halides is 1.